The quantitative estimate of drug-likeness (QED) is 0.610. The van der Waals surface area contributed by atoms with E-state index in [-0.39, 0.29) is 0 Å². The first kappa shape index (κ1) is 9.04. The molecule has 0 bridgehead atoms. The lowest BCUT2D eigenvalue weighted by molar-refractivity contribution is 1.29. The zero-order chi connectivity index (χ0) is 10.8. The Labute approximate surface area is 93.6 Å². The van der Waals surface area contributed by atoms with Crippen molar-refractivity contribution in [3.63, 3.8) is 0 Å². The summed E-state index contributed by atoms with van der Waals surface area (Å²) in [6, 6.07) is 16.9. The van der Waals surface area contributed by atoms with Gasteiger partial charge in [-0.25, -0.2) is 0 Å². The molecule has 3 aromatic rings. The van der Waals surface area contributed by atoms with E-state index in [4.69, 9.17) is 0 Å². The Morgan fingerprint density at radius 1 is 0.875 bits per heavy atom. The molecule has 1 radical (unpaired) electrons. The zero-order valence-electron chi connectivity index (χ0n) is 8.59. The third-order valence-corrected chi connectivity index (χ3v) is 2.53. The van der Waals surface area contributed by atoms with Crippen LogP contribution in [-0.2, 0) is 0 Å². The molecule has 0 spiro atoms. The highest BCUT2D eigenvalue weighted by Crippen LogP contribution is 2.25. The Morgan fingerprint density at radius 2 is 1.69 bits per heavy atom. The van der Waals surface area contributed by atoms with Gasteiger partial charge in [0.1, 0.15) is 0 Å². The maximum Gasteiger partial charge on any atom is 0.0965 e. The summed E-state index contributed by atoms with van der Waals surface area (Å²) >= 11 is 0. The van der Waals surface area contributed by atoms with Gasteiger partial charge < -0.3 is 0 Å². The molecule has 1 aromatic heterocycles. The normalized spacial score (nSPS) is 10.5. The topological polar surface area (TPSA) is 25.8 Å². The minimum absolute atomic E-state index is 0.924. The summed E-state index contributed by atoms with van der Waals surface area (Å²) in [5.41, 5.74) is 4.12. The Morgan fingerprint density at radius 3 is 2.56 bits per heavy atom. The van der Waals surface area contributed by atoms with E-state index in [1.807, 2.05) is 36.4 Å². The number of benzene rings is 2. The van der Waals surface area contributed by atoms with Crippen LogP contribution in [0.5, 0.6) is 0 Å². The van der Waals surface area contributed by atoms with E-state index < -0.39 is 0 Å². The van der Waals surface area contributed by atoms with E-state index in [0.717, 1.165) is 22.2 Å². The number of aromatic nitrogens is 2. The van der Waals surface area contributed by atoms with Gasteiger partial charge in [-0.15, -0.1) is 0 Å². The molecule has 0 atom stereocenters. The lowest BCUT2D eigenvalue weighted by Gasteiger charge is -2.04. The molecule has 0 saturated heterocycles. The van der Waals surface area contributed by atoms with Crippen molar-refractivity contribution in [2.75, 3.05) is 0 Å². The van der Waals surface area contributed by atoms with Crippen molar-refractivity contribution >= 4 is 11.0 Å². The molecular formula is C14H9N2. The van der Waals surface area contributed by atoms with Crippen LogP contribution in [0.25, 0.3) is 22.2 Å². The summed E-state index contributed by atoms with van der Waals surface area (Å²) in [6.45, 7) is 0. The Bertz CT molecular complexity index is 612. The molecule has 0 unspecified atom stereocenters. The van der Waals surface area contributed by atoms with Crippen molar-refractivity contribution in [3.05, 3.63) is 60.9 Å². The molecule has 0 aliphatic carbocycles. The van der Waals surface area contributed by atoms with Crippen LogP contribution >= 0.6 is 0 Å². The van der Waals surface area contributed by atoms with Crippen molar-refractivity contribution in [1.29, 1.82) is 0 Å². The molecule has 2 heteroatoms. The first-order valence-electron chi connectivity index (χ1n) is 5.11. The lowest BCUT2D eigenvalue weighted by Crippen LogP contribution is -1.86. The third kappa shape index (κ3) is 1.44. The Balaban J connectivity index is 2.32. The first-order valence-corrected chi connectivity index (χ1v) is 5.11. The molecule has 0 N–H and O–H groups in total. The number of rotatable bonds is 1. The Hall–Kier alpha value is -2.22. The first-order chi connectivity index (χ1) is 7.95. The Kier molecular flexibility index (Phi) is 2.11. The summed E-state index contributed by atoms with van der Waals surface area (Å²) in [5.74, 6) is 0. The fourth-order valence-electron chi connectivity index (χ4n) is 1.79. The summed E-state index contributed by atoms with van der Waals surface area (Å²) in [5, 5.41) is 0. The molecule has 0 aliphatic rings. The molecule has 3 rings (SSSR count). The van der Waals surface area contributed by atoms with Crippen LogP contribution in [-0.4, -0.2) is 9.97 Å². The van der Waals surface area contributed by atoms with E-state index >= 15 is 0 Å². The van der Waals surface area contributed by atoms with Gasteiger partial charge in [-0.2, -0.15) is 0 Å². The van der Waals surface area contributed by atoms with Crippen molar-refractivity contribution in [1.82, 2.24) is 9.97 Å². The SMILES string of the molecule is [c]1ccc(-c2cccc3nccnc23)cc1. The molecule has 0 amide bonds. The van der Waals surface area contributed by atoms with Crippen LogP contribution < -0.4 is 0 Å². The molecule has 0 saturated carbocycles. The van der Waals surface area contributed by atoms with Crippen molar-refractivity contribution in [3.8, 4) is 11.1 Å². The maximum atomic E-state index is 4.38. The standard InChI is InChI=1S/C14H9N2/c1-2-5-11(6-3-1)12-7-4-8-13-14(12)16-10-9-15-13/h2-10H. The number of nitrogens with zero attached hydrogens (tertiary/aromatic N) is 2. The van der Waals surface area contributed by atoms with Gasteiger partial charge in [0.05, 0.1) is 11.0 Å². The highest BCUT2D eigenvalue weighted by atomic mass is 14.8. The molecular weight excluding hydrogens is 196 g/mol. The molecule has 2 aromatic carbocycles. The average molecular weight is 205 g/mol. The largest absolute Gasteiger partial charge is 0.253 e. The summed E-state index contributed by atoms with van der Waals surface area (Å²) in [6.07, 6.45) is 3.44. The lowest BCUT2D eigenvalue weighted by atomic mass is 10.0. The van der Waals surface area contributed by atoms with Crippen LogP contribution in [0.3, 0.4) is 0 Å². The van der Waals surface area contributed by atoms with Crippen LogP contribution in [0, 0.1) is 6.07 Å². The van der Waals surface area contributed by atoms with E-state index in [0.29, 0.717) is 0 Å². The average Bonchev–Trinajstić information content (AvgIpc) is 2.39. The molecule has 16 heavy (non-hydrogen) atoms. The fraction of sp³-hybridized carbons (Fsp3) is 0. The number of hydrogen-bond acceptors (Lipinski definition) is 2. The van der Waals surface area contributed by atoms with Gasteiger partial charge in [0, 0.05) is 18.0 Å². The minimum Gasteiger partial charge on any atom is -0.253 e. The predicted molar refractivity (Wildman–Crippen MR) is 63.8 cm³/mol. The minimum atomic E-state index is 0.924. The summed E-state index contributed by atoms with van der Waals surface area (Å²) < 4.78 is 0. The molecule has 2 nitrogen and oxygen atoms in total. The van der Waals surface area contributed by atoms with Gasteiger partial charge in [-0.3, -0.25) is 9.97 Å². The zero-order valence-corrected chi connectivity index (χ0v) is 8.59. The third-order valence-electron chi connectivity index (χ3n) is 2.53. The number of para-hydroxylation sites is 1. The van der Waals surface area contributed by atoms with Gasteiger partial charge in [0.25, 0.3) is 0 Å². The van der Waals surface area contributed by atoms with Gasteiger partial charge in [-0.05, 0) is 17.7 Å². The number of hydrogen-bond donors (Lipinski definition) is 0. The van der Waals surface area contributed by atoms with Crippen molar-refractivity contribution in [2.24, 2.45) is 0 Å². The van der Waals surface area contributed by atoms with E-state index in [1.54, 1.807) is 12.4 Å². The number of fused-ring (bicyclic) bond motifs is 1. The van der Waals surface area contributed by atoms with E-state index in [1.165, 1.54) is 0 Å². The van der Waals surface area contributed by atoms with Crippen molar-refractivity contribution < 1.29 is 0 Å². The van der Waals surface area contributed by atoms with Gasteiger partial charge >= 0.3 is 0 Å². The van der Waals surface area contributed by atoms with Gasteiger partial charge in [0.2, 0.25) is 0 Å². The molecule has 0 aliphatic heterocycles. The van der Waals surface area contributed by atoms with Gasteiger partial charge in [-0.1, -0.05) is 36.4 Å². The highest BCUT2D eigenvalue weighted by Gasteiger charge is 2.03. The van der Waals surface area contributed by atoms with Crippen LogP contribution in [0.15, 0.2) is 54.9 Å². The van der Waals surface area contributed by atoms with Crippen LogP contribution in [0.4, 0.5) is 0 Å². The van der Waals surface area contributed by atoms with E-state index in [9.17, 15) is 0 Å². The summed E-state index contributed by atoms with van der Waals surface area (Å²) in [7, 11) is 0. The van der Waals surface area contributed by atoms with Crippen LogP contribution in [0.1, 0.15) is 0 Å². The summed E-state index contributed by atoms with van der Waals surface area (Å²) in [4.78, 5) is 8.68. The van der Waals surface area contributed by atoms with Gasteiger partial charge in [0.15, 0.2) is 0 Å². The van der Waals surface area contributed by atoms with E-state index in [2.05, 4.69) is 22.1 Å². The second-order valence-electron chi connectivity index (χ2n) is 3.52. The molecule has 1 heterocycles. The smallest absolute Gasteiger partial charge is 0.0965 e. The second-order valence-corrected chi connectivity index (χ2v) is 3.52. The highest BCUT2D eigenvalue weighted by molar-refractivity contribution is 5.91. The second kappa shape index (κ2) is 3.74. The van der Waals surface area contributed by atoms with Crippen LogP contribution in [0.2, 0.25) is 0 Å². The monoisotopic (exact) mass is 205 g/mol. The molecule has 0 fully saturated rings. The fourth-order valence-corrected chi connectivity index (χ4v) is 1.79. The maximum absolute atomic E-state index is 4.38. The predicted octanol–water partition coefficient (Wildman–Crippen LogP) is 3.10. The molecule has 75 valence electrons. The van der Waals surface area contributed by atoms with Crippen molar-refractivity contribution in [2.45, 2.75) is 0 Å².